The first-order chi connectivity index (χ1) is 10.2. The number of benzene rings is 1. The van der Waals surface area contributed by atoms with Crippen LogP contribution in [0.5, 0.6) is 0 Å². The van der Waals surface area contributed by atoms with Crippen molar-refractivity contribution in [2.75, 3.05) is 6.61 Å². The van der Waals surface area contributed by atoms with Gasteiger partial charge in [-0.2, -0.15) is 0 Å². The van der Waals surface area contributed by atoms with Crippen molar-refractivity contribution in [1.82, 2.24) is 0 Å². The van der Waals surface area contributed by atoms with Crippen molar-refractivity contribution < 1.29 is 9.13 Å². The summed E-state index contributed by atoms with van der Waals surface area (Å²) < 4.78 is 19.1. The van der Waals surface area contributed by atoms with Gasteiger partial charge in [0.05, 0.1) is 5.60 Å². The van der Waals surface area contributed by atoms with Crippen LogP contribution in [0.25, 0.3) is 0 Å². The SMILES string of the molecule is NC(Cc1ccc(F)cc1)C1CCOC2(CCCCC2)C1. The molecule has 1 aliphatic carbocycles. The van der Waals surface area contributed by atoms with Gasteiger partial charge < -0.3 is 10.5 Å². The van der Waals surface area contributed by atoms with Crippen LogP contribution < -0.4 is 5.73 Å². The van der Waals surface area contributed by atoms with E-state index in [0.717, 1.165) is 31.4 Å². The lowest BCUT2D eigenvalue weighted by atomic mass is 9.73. The van der Waals surface area contributed by atoms with E-state index in [1.165, 1.54) is 44.2 Å². The Morgan fingerprint density at radius 1 is 1.19 bits per heavy atom. The third kappa shape index (κ3) is 3.64. The maximum absolute atomic E-state index is 13.0. The van der Waals surface area contributed by atoms with E-state index in [1.54, 1.807) is 0 Å². The topological polar surface area (TPSA) is 35.2 Å². The third-order valence-electron chi connectivity index (χ3n) is 5.29. The van der Waals surface area contributed by atoms with Gasteiger partial charge in [-0.3, -0.25) is 0 Å². The Balaban J connectivity index is 1.61. The van der Waals surface area contributed by atoms with Crippen LogP contribution in [0.2, 0.25) is 0 Å². The number of ether oxygens (including phenoxy) is 1. The van der Waals surface area contributed by atoms with Gasteiger partial charge in [-0.25, -0.2) is 4.39 Å². The molecule has 1 spiro atoms. The predicted molar refractivity (Wildman–Crippen MR) is 82.6 cm³/mol. The second kappa shape index (κ2) is 6.45. The molecule has 2 aliphatic rings. The van der Waals surface area contributed by atoms with E-state index in [4.69, 9.17) is 10.5 Å². The van der Waals surface area contributed by atoms with Crippen LogP contribution >= 0.6 is 0 Å². The Hall–Kier alpha value is -0.930. The van der Waals surface area contributed by atoms with Crippen LogP contribution in [-0.2, 0) is 11.2 Å². The predicted octanol–water partition coefficient (Wildman–Crippen LogP) is 3.83. The molecule has 116 valence electrons. The molecule has 1 aliphatic heterocycles. The van der Waals surface area contributed by atoms with Crippen molar-refractivity contribution in [2.45, 2.75) is 63.0 Å². The summed E-state index contributed by atoms with van der Waals surface area (Å²) in [6.45, 7) is 0.849. The molecule has 2 fully saturated rings. The first kappa shape index (κ1) is 15.0. The van der Waals surface area contributed by atoms with Crippen molar-refractivity contribution in [2.24, 2.45) is 11.7 Å². The largest absolute Gasteiger partial charge is 0.375 e. The first-order valence-electron chi connectivity index (χ1n) is 8.31. The fourth-order valence-corrected chi connectivity index (χ4v) is 4.03. The van der Waals surface area contributed by atoms with Crippen LogP contribution in [0.3, 0.4) is 0 Å². The fraction of sp³-hybridized carbons (Fsp3) is 0.667. The van der Waals surface area contributed by atoms with Crippen LogP contribution in [0, 0.1) is 11.7 Å². The zero-order valence-electron chi connectivity index (χ0n) is 12.7. The summed E-state index contributed by atoms with van der Waals surface area (Å²) in [6, 6.07) is 6.90. The molecule has 21 heavy (non-hydrogen) atoms. The summed E-state index contributed by atoms with van der Waals surface area (Å²) >= 11 is 0. The van der Waals surface area contributed by atoms with Crippen LogP contribution in [0.4, 0.5) is 4.39 Å². The summed E-state index contributed by atoms with van der Waals surface area (Å²) in [5.74, 6) is 0.349. The van der Waals surface area contributed by atoms with E-state index in [0.29, 0.717) is 5.92 Å². The highest BCUT2D eigenvalue weighted by molar-refractivity contribution is 5.17. The van der Waals surface area contributed by atoms with Gasteiger partial charge in [0.1, 0.15) is 5.82 Å². The molecule has 3 rings (SSSR count). The Bertz CT molecular complexity index is 447. The number of nitrogens with two attached hydrogens (primary N) is 1. The molecule has 0 bridgehead atoms. The lowest BCUT2D eigenvalue weighted by Gasteiger charge is -2.45. The first-order valence-corrected chi connectivity index (χ1v) is 8.31. The second-order valence-electron chi connectivity index (χ2n) is 6.84. The van der Waals surface area contributed by atoms with Gasteiger partial charge in [-0.1, -0.05) is 31.4 Å². The van der Waals surface area contributed by atoms with Crippen LogP contribution in [-0.4, -0.2) is 18.2 Å². The van der Waals surface area contributed by atoms with E-state index >= 15 is 0 Å². The van der Waals surface area contributed by atoms with E-state index in [2.05, 4.69) is 0 Å². The molecular formula is C18H26FNO. The normalized spacial score (nSPS) is 26.7. The Morgan fingerprint density at radius 3 is 2.62 bits per heavy atom. The molecule has 1 heterocycles. The molecule has 0 aromatic heterocycles. The molecule has 2 atom stereocenters. The quantitative estimate of drug-likeness (QED) is 0.918. The highest BCUT2D eigenvalue weighted by atomic mass is 19.1. The van der Waals surface area contributed by atoms with Crippen molar-refractivity contribution in [3.05, 3.63) is 35.6 Å². The third-order valence-corrected chi connectivity index (χ3v) is 5.29. The van der Waals surface area contributed by atoms with Crippen LogP contribution in [0.1, 0.15) is 50.5 Å². The van der Waals surface area contributed by atoms with Gasteiger partial charge >= 0.3 is 0 Å². The highest BCUT2D eigenvalue weighted by Crippen LogP contribution is 2.41. The highest BCUT2D eigenvalue weighted by Gasteiger charge is 2.39. The van der Waals surface area contributed by atoms with E-state index < -0.39 is 0 Å². The maximum atomic E-state index is 13.0. The van der Waals surface area contributed by atoms with Crippen molar-refractivity contribution in [3.8, 4) is 0 Å². The molecule has 1 aromatic carbocycles. The van der Waals surface area contributed by atoms with E-state index in [-0.39, 0.29) is 17.5 Å². The number of rotatable bonds is 3. The lowest BCUT2D eigenvalue weighted by Crippen LogP contribution is -2.46. The van der Waals surface area contributed by atoms with Crippen molar-refractivity contribution in [1.29, 1.82) is 0 Å². The van der Waals surface area contributed by atoms with Gasteiger partial charge in [0, 0.05) is 12.6 Å². The van der Waals surface area contributed by atoms with Crippen molar-refractivity contribution >= 4 is 0 Å². The second-order valence-corrected chi connectivity index (χ2v) is 6.84. The summed E-state index contributed by atoms with van der Waals surface area (Å²) in [5.41, 5.74) is 7.70. The standard InChI is InChI=1S/C18H26FNO/c19-16-6-4-14(5-7-16)12-17(20)15-8-11-21-18(13-15)9-2-1-3-10-18/h4-7,15,17H,1-3,8-13,20H2. The van der Waals surface area contributed by atoms with Gasteiger partial charge in [-0.05, 0) is 55.7 Å². The molecule has 2 N–H and O–H groups in total. The van der Waals surface area contributed by atoms with Gasteiger partial charge in [0.15, 0.2) is 0 Å². The molecule has 2 nitrogen and oxygen atoms in total. The Morgan fingerprint density at radius 2 is 1.90 bits per heavy atom. The van der Waals surface area contributed by atoms with Gasteiger partial charge in [0.25, 0.3) is 0 Å². The van der Waals surface area contributed by atoms with Crippen LogP contribution in [0.15, 0.2) is 24.3 Å². The fourth-order valence-electron chi connectivity index (χ4n) is 4.03. The Kier molecular flexibility index (Phi) is 4.60. The number of halogens is 1. The minimum atomic E-state index is -0.181. The van der Waals surface area contributed by atoms with E-state index in [1.807, 2.05) is 12.1 Å². The average molecular weight is 291 g/mol. The minimum absolute atomic E-state index is 0.113. The smallest absolute Gasteiger partial charge is 0.123 e. The molecule has 1 saturated carbocycles. The zero-order chi connectivity index (χ0) is 14.7. The molecule has 0 amide bonds. The molecule has 3 heteroatoms. The van der Waals surface area contributed by atoms with Gasteiger partial charge in [-0.15, -0.1) is 0 Å². The van der Waals surface area contributed by atoms with Gasteiger partial charge in [0.2, 0.25) is 0 Å². The number of hydrogen-bond donors (Lipinski definition) is 1. The summed E-state index contributed by atoms with van der Waals surface area (Å²) in [5, 5.41) is 0. The molecule has 0 radical (unpaired) electrons. The molecule has 2 unspecified atom stereocenters. The lowest BCUT2D eigenvalue weighted by molar-refractivity contribution is -0.120. The zero-order valence-corrected chi connectivity index (χ0v) is 12.7. The minimum Gasteiger partial charge on any atom is -0.375 e. The van der Waals surface area contributed by atoms with E-state index in [9.17, 15) is 4.39 Å². The molecular weight excluding hydrogens is 265 g/mol. The maximum Gasteiger partial charge on any atom is 0.123 e. The monoisotopic (exact) mass is 291 g/mol. The Labute approximate surface area is 126 Å². The number of hydrogen-bond acceptors (Lipinski definition) is 2. The summed E-state index contributed by atoms with van der Waals surface area (Å²) in [7, 11) is 0. The molecule has 1 saturated heterocycles. The average Bonchev–Trinajstić information content (AvgIpc) is 2.50. The molecule has 1 aromatic rings. The van der Waals surface area contributed by atoms with Crippen molar-refractivity contribution in [3.63, 3.8) is 0 Å². The summed E-state index contributed by atoms with van der Waals surface area (Å²) in [4.78, 5) is 0. The summed E-state index contributed by atoms with van der Waals surface area (Å²) in [6.07, 6.45) is 9.33.